The first-order valence-corrected chi connectivity index (χ1v) is 7.46. The molecule has 0 spiro atoms. The van der Waals surface area contributed by atoms with Crippen molar-refractivity contribution >= 4 is 0 Å². The molecule has 1 aliphatic rings. The number of benzene rings is 2. The molecule has 0 bridgehead atoms. The van der Waals surface area contributed by atoms with E-state index in [0.717, 1.165) is 18.6 Å². The quantitative estimate of drug-likeness (QED) is 0.653. The van der Waals surface area contributed by atoms with E-state index in [0.29, 0.717) is 0 Å². The van der Waals surface area contributed by atoms with E-state index in [1.54, 1.807) is 7.11 Å². The minimum absolute atomic E-state index is 0.0857. The maximum absolute atomic E-state index is 5.94. The van der Waals surface area contributed by atoms with Crippen LogP contribution in [-0.4, -0.2) is 7.11 Å². The Morgan fingerprint density at radius 2 is 1.86 bits per heavy atom. The SMILES string of the molecule is COc1cccc(C(NN)C2(c3ccccc3)CCC2)c1. The van der Waals surface area contributed by atoms with E-state index in [9.17, 15) is 0 Å². The maximum Gasteiger partial charge on any atom is 0.119 e. The average molecular weight is 282 g/mol. The lowest BCUT2D eigenvalue weighted by Crippen LogP contribution is -2.48. The minimum atomic E-state index is 0.0857. The van der Waals surface area contributed by atoms with Crippen molar-refractivity contribution in [2.45, 2.75) is 30.7 Å². The summed E-state index contributed by atoms with van der Waals surface area (Å²) in [7, 11) is 1.69. The number of rotatable bonds is 5. The number of nitrogens with two attached hydrogens (primary N) is 1. The molecule has 2 aromatic carbocycles. The van der Waals surface area contributed by atoms with Crippen molar-refractivity contribution in [1.29, 1.82) is 0 Å². The van der Waals surface area contributed by atoms with Gasteiger partial charge in [-0.2, -0.15) is 0 Å². The molecule has 0 heterocycles. The van der Waals surface area contributed by atoms with E-state index in [2.05, 4.69) is 47.9 Å². The van der Waals surface area contributed by atoms with Crippen LogP contribution in [0.4, 0.5) is 0 Å². The van der Waals surface area contributed by atoms with Crippen LogP contribution < -0.4 is 16.0 Å². The first kappa shape index (κ1) is 14.1. The summed E-state index contributed by atoms with van der Waals surface area (Å²) >= 11 is 0. The Balaban J connectivity index is 2.01. The van der Waals surface area contributed by atoms with E-state index in [1.807, 2.05) is 12.1 Å². The topological polar surface area (TPSA) is 47.3 Å². The van der Waals surface area contributed by atoms with Gasteiger partial charge >= 0.3 is 0 Å². The fourth-order valence-corrected chi connectivity index (χ4v) is 3.47. The van der Waals surface area contributed by atoms with E-state index in [1.165, 1.54) is 17.5 Å². The van der Waals surface area contributed by atoms with Crippen LogP contribution in [0.25, 0.3) is 0 Å². The van der Waals surface area contributed by atoms with E-state index < -0.39 is 0 Å². The van der Waals surface area contributed by atoms with Crippen LogP contribution >= 0.6 is 0 Å². The summed E-state index contributed by atoms with van der Waals surface area (Å²) in [5.41, 5.74) is 5.68. The number of ether oxygens (including phenoxy) is 1. The largest absolute Gasteiger partial charge is 0.497 e. The zero-order valence-corrected chi connectivity index (χ0v) is 12.4. The van der Waals surface area contributed by atoms with Gasteiger partial charge in [-0.1, -0.05) is 48.9 Å². The third-order valence-electron chi connectivity index (χ3n) is 4.74. The van der Waals surface area contributed by atoms with E-state index in [-0.39, 0.29) is 11.5 Å². The van der Waals surface area contributed by atoms with Crippen LogP contribution in [0.2, 0.25) is 0 Å². The molecule has 21 heavy (non-hydrogen) atoms. The summed E-state index contributed by atoms with van der Waals surface area (Å²) in [5, 5.41) is 0. The third-order valence-corrected chi connectivity index (χ3v) is 4.74. The summed E-state index contributed by atoms with van der Waals surface area (Å²) in [4.78, 5) is 0. The molecule has 0 saturated heterocycles. The molecular formula is C18H22N2O. The highest BCUT2D eigenvalue weighted by atomic mass is 16.5. The van der Waals surface area contributed by atoms with Gasteiger partial charge in [-0.05, 0) is 36.1 Å². The highest BCUT2D eigenvalue weighted by Gasteiger charge is 2.45. The third kappa shape index (κ3) is 2.43. The normalized spacial score (nSPS) is 17.8. The summed E-state index contributed by atoms with van der Waals surface area (Å²) in [5.74, 6) is 6.81. The molecule has 3 nitrogen and oxygen atoms in total. The Morgan fingerprint density at radius 1 is 1.10 bits per heavy atom. The lowest BCUT2D eigenvalue weighted by molar-refractivity contribution is 0.170. The molecule has 1 aliphatic carbocycles. The van der Waals surface area contributed by atoms with Gasteiger partial charge in [0.1, 0.15) is 5.75 Å². The second kappa shape index (κ2) is 5.88. The maximum atomic E-state index is 5.94. The molecule has 1 atom stereocenters. The summed E-state index contributed by atoms with van der Waals surface area (Å²) < 4.78 is 5.35. The van der Waals surface area contributed by atoms with Gasteiger partial charge in [0.25, 0.3) is 0 Å². The first-order valence-electron chi connectivity index (χ1n) is 7.46. The predicted molar refractivity (Wildman–Crippen MR) is 85.0 cm³/mol. The van der Waals surface area contributed by atoms with Crippen molar-refractivity contribution in [1.82, 2.24) is 5.43 Å². The van der Waals surface area contributed by atoms with Gasteiger partial charge in [0.15, 0.2) is 0 Å². The smallest absolute Gasteiger partial charge is 0.119 e. The summed E-state index contributed by atoms with van der Waals surface area (Å²) in [6.45, 7) is 0. The van der Waals surface area contributed by atoms with Crippen LogP contribution in [0.3, 0.4) is 0 Å². The second-order valence-corrected chi connectivity index (χ2v) is 5.75. The molecule has 3 N–H and O–H groups in total. The lowest BCUT2D eigenvalue weighted by Gasteiger charge is -2.48. The van der Waals surface area contributed by atoms with Gasteiger partial charge in [0.05, 0.1) is 13.2 Å². The molecule has 1 fully saturated rings. The fraction of sp³-hybridized carbons (Fsp3) is 0.333. The van der Waals surface area contributed by atoms with Crippen molar-refractivity contribution in [3.05, 3.63) is 65.7 Å². The van der Waals surface area contributed by atoms with Crippen molar-refractivity contribution in [2.24, 2.45) is 5.84 Å². The second-order valence-electron chi connectivity index (χ2n) is 5.75. The highest BCUT2D eigenvalue weighted by molar-refractivity contribution is 5.38. The molecule has 110 valence electrons. The zero-order valence-electron chi connectivity index (χ0n) is 12.4. The molecule has 0 radical (unpaired) electrons. The first-order chi connectivity index (χ1) is 10.3. The van der Waals surface area contributed by atoms with E-state index >= 15 is 0 Å². The van der Waals surface area contributed by atoms with Gasteiger partial charge < -0.3 is 4.74 Å². The van der Waals surface area contributed by atoms with Gasteiger partial charge in [0.2, 0.25) is 0 Å². The van der Waals surface area contributed by atoms with Crippen molar-refractivity contribution in [3.63, 3.8) is 0 Å². The molecule has 0 aliphatic heterocycles. The molecule has 1 saturated carbocycles. The summed E-state index contributed by atoms with van der Waals surface area (Å²) in [6.07, 6.45) is 3.56. The van der Waals surface area contributed by atoms with Crippen LogP contribution in [0.5, 0.6) is 5.75 Å². The molecule has 3 rings (SSSR count). The lowest BCUT2D eigenvalue weighted by atomic mass is 9.59. The van der Waals surface area contributed by atoms with Crippen molar-refractivity contribution in [2.75, 3.05) is 7.11 Å². The minimum Gasteiger partial charge on any atom is -0.497 e. The van der Waals surface area contributed by atoms with Gasteiger partial charge in [0, 0.05) is 5.41 Å². The predicted octanol–water partition coefficient (Wildman–Crippen LogP) is 3.32. The highest BCUT2D eigenvalue weighted by Crippen LogP contribution is 2.52. The Labute approximate surface area is 126 Å². The van der Waals surface area contributed by atoms with Crippen LogP contribution in [0.1, 0.15) is 36.4 Å². The molecule has 0 aromatic heterocycles. The zero-order chi connectivity index (χ0) is 14.7. The van der Waals surface area contributed by atoms with Crippen molar-refractivity contribution < 1.29 is 4.74 Å². The molecular weight excluding hydrogens is 260 g/mol. The molecule has 0 amide bonds. The number of methoxy groups -OCH3 is 1. The Hall–Kier alpha value is -1.84. The van der Waals surface area contributed by atoms with Gasteiger partial charge in [-0.15, -0.1) is 0 Å². The van der Waals surface area contributed by atoms with Crippen LogP contribution in [0.15, 0.2) is 54.6 Å². The standard InChI is InChI=1S/C18H22N2O/c1-21-16-10-5-7-14(13-16)17(20-19)18(11-6-12-18)15-8-3-2-4-9-15/h2-5,7-10,13,17,20H,6,11-12,19H2,1H3. The van der Waals surface area contributed by atoms with Gasteiger partial charge in [-0.3, -0.25) is 11.3 Å². The Bertz CT molecular complexity index is 593. The van der Waals surface area contributed by atoms with Crippen molar-refractivity contribution in [3.8, 4) is 5.75 Å². The Kier molecular flexibility index (Phi) is 3.95. The fourth-order valence-electron chi connectivity index (χ4n) is 3.47. The van der Waals surface area contributed by atoms with Crippen LogP contribution in [-0.2, 0) is 5.41 Å². The number of hydrazine groups is 1. The molecule has 1 unspecified atom stereocenters. The van der Waals surface area contributed by atoms with E-state index in [4.69, 9.17) is 10.6 Å². The number of hydrogen-bond donors (Lipinski definition) is 2. The monoisotopic (exact) mass is 282 g/mol. The molecule has 2 aromatic rings. The number of hydrogen-bond acceptors (Lipinski definition) is 3. The number of nitrogens with one attached hydrogen (secondary N) is 1. The van der Waals surface area contributed by atoms with Crippen LogP contribution in [0, 0.1) is 0 Å². The molecule has 3 heteroatoms. The Morgan fingerprint density at radius 3 is 2.43 bits per heavy atom. The summed E-state index contributed by atoms with van der Waals surface area (Å²) in [6, 6.07) is 19.0. The van der Waals surface area contributed by atoms with Gasteiger partial charge in [-0.25, -0.2) is 0 Å². The average Bonchev–Trinajstić information content (AvgIpc) is 2.51.